The van der Waals surface area contributed by atoms with E-state index in [1.165, 1.54) is 22.5 Å². The predicted octanol–water partition coefficient (Wildman–Crippen LogP) is 4.34. The van der Waals surface area contributed by atoms with E-state index in [0.717, 1.165) is 18.4 Å². The molecule has 0 bridgehead atoms. The molecule has 0 spiro atoms. The predicted molar refractivity (Wildman–Crippen MR) is 104 cm³/mol. The highest BCUT2D eigenvalue weighted by Crippen LogP contribution is 2.27. The molecule has 2 aromatic carbocycles. The monoisotopic (exact) mass is 412 g/mol. The van der Waals surface area contributed by atoms with Crippen LogP contribution in [0.1, 0.15) is 28.8 Å². The zero-order chi connectivity index (χ0) is 18.9. The number of benzene rings is 2. The van der Waals surface area contributed by atoms with E-state index >= 15 is 0 Å². The number of sulfonamides is 1. The van der Waals surface area contributed by atoms with Crippen LogP contribution in [0.3, 0.4) is 0 Å². The summed E-state index contributed by atoms with van der Waals surface area (Å²) >= 11 is 12.1. The molecule has 1 heterocycles. The number of hydrogen-bond donors (Lipinski definition) is 1. The molecule has 2 aromatic rings. The van der Waals surface area contributed by atoms with Gasteiger partial charge in [-0.1, -0.05) is 23.2 Å². The van der Waals surface area contributed by atoms with Crippen molar-refractivity contribution in [2.75, 3.05) is 18.4 Å². The fourth-order valence-electron chi connectivity index (χ4n) is 2.87. The van der Waals surface area contributed by atoms with Crippen LogP contribution in [-0.2, 0) is 10.0 Å². The molecule has 0 aliphatic carbocycles. The Balaban J connectivity index is 1.91. The first-order valence-electron chi connectivity index (χ1n) is 8.16. The summed E-state index contributed by atoms with van der Waals surface area (Å²) in [6, 6.07) is 9.28. The smallest absolute Gasteiger partial charge is 0.257 e. The number of amides is 1. The summed E-state index contributed by atoms with van der Waals surface area (Å²) in [6.07, 6.45) is 1.69. The van der Waals surface area contributed by atoms with E-state index in [9.17, 15) is 13.2 Å². The van der Waals surface area contributed by atoms with Crippen LogP contribution in [0.5, 0.6) is 0 Å². The summed E-state index contributed by atoms with van der Waals surface area (Å²) in [5, 5.41) is 3.51. The number of nitrogens with zero attached hydrogens (tertiary/aromatic N) is 1. The topological polar surface area (TPSA) is 66.5 Å². The lowest BCUT2D eigenvalue weighted by molar-refractivity contribution is 0.102. The summed E-state index contributed by atoms with van der Waals surface area (Å²) in [5.41, 5.74) is 1.49. The van der Waals surface area contributed by atoms with E-state index in [1.54, 1.807) is 18.2 Å². The first-order valence-corrected chi connectivity index (χ1v) is 10.4. The van der Waals surface area contributed by atoms with Crippen molar-refractivity contribution in [3.8, 4) is 0 Å². The van der Waals surface area contributed by atoms with Crippen LogP contribution in [0, 0.1) is 6.92 Å². The van der Waals surface area contributed by atoms with Gasteiger partial charge in [-0.25, -0.2) is 8.42 Å². The van der Waals surface area contributed by atoms with E-state index in [-0.39, 0.29) is 15.5 Å². The van der Waals surface area contributed by atoms with Crippen molar-refractivity contribution in [3.63, 3.8) is 0 Å². The minimum absolute atomic E-state index is 0.0711. The van der Waals surface area contributed by atoms with Gasteiger partial charge in [-0.2, -0.15) is 4.31 Å². The van der Waals surface area contributed by atoms with Crippen molar-refractivity contribution in [2.24, 2.45) is 0 Å². The molecule has 0 unspecified atom stereocenters. The van der Waals surface area contributed by atoms with Gasteiger partial charge < -0.3 is 5.32 Å². The van der Waals surface area contributed by atoms with Crippen LogP contribution >= 0.6 is 23.2 Å². The second kappa shape index (κ2) is 7.56. The fourth-order valence-corrected chi connectivity index (χ4v) is 4.85. The molecule has 138 valence electrons. The zero-order valence-corrected chi connectivity index (χ0v) is 16.5. The summed E-state index contributed by atoms with van der Waals surface area (Å²) in [4.78, 5) is 12.7. The Morgan fingerprint density at radius 2 is 1.77 bits per heavy atom. The number of aryl methyl sites for hydroxylation is 1. The number of carbonyl (C=O) groups is 1. The minimum atomic E-state index is -3.62. The molecule has 26 heavy (non-hydrogen) atoms. The quantitative estimate of drug-likeness (QED) is 0.811. The van der Waals surface area contributed by atoms with Gasteiger partial charge in [0.2, 0.25) is 10.0 Å². The zero-order valence-electron chi connectivity index (χ0n) is 14.1. The van der Waals surface area contributed by atoms with Crippen LogP contribution in [-0.4, -0.2) is 31.7 Å². The summed E-state index contributed by atoms with van der Waals surface area (Å²) in [6.45, 7) is 2.81. The van der Waals surface area contributed by atoms with Gasteiger partial charge in [0.05, 0.1) is 15.5 Å². The maximum atomic E-state index is 12.7. The van der Waals surface area contributed by atoms with Crippen molar-refractivity contribution in [1.82, 2.24) is 4.31 Å². The Labute approximate surface area is 163 Å². The lowest BCUT2D eigenvalue weighted by atomic mass is 10.1. The van der Waals surface area contributed by atoms with Gasteiger partial charge in [0.25, 0.3) is 5.91 Å². The molecule has 1 amide bonds. The van der Waals surface area contributed by atoms with Crippen molar-refractivity contribution in [2.45, 2.75) is 24.7 Å². The van der Waals surface area contributed by atoms with Gasteiger partial charge in [0, 0.05) is 23.8 Å². The lowest BCUT2D eigenvalue weighted by Gasteiger charge is -2.16. The van der Waals surface area contributed by atoms with Crippen LogP contribution in [0.25, 0.3) is 0 Å². The third kappa shape index (κ3) is 3.88. The molecule has 5 nitrogen and oxygen atoms in total. The molecule has 0 radical (unpaired) electrons. The standard InChI is InChI=1S/C18H18Cl2N2O3S/c1-12-10-13(19)4-7-17(12)21-18(23)15-11-14(5-6-16(15)20)26(24,25)22-8-2-3-9-22/h4-7,10-11H,2-3,8-9H2,1H3,(H,21,23). The van der Waals surface area contributed by atoms with Gasteiger partial charge in [-0.3, -0.25) is 4.79 Å². The van der Waals surface area contributed by atoms with E-state index in [4.69, 9.17) is 23.2 Å². The van der Waals surface area contributed by atoms with E-state index in [0.29, 0.717) is 23.8 Å². The largest absolute Gasteiger partial charge is 0.322 e. The molecule has 1 aliphatic heterocycles. The molecule has 3 rings (SSSR count). The first-order chi connectivity index (χ1) is 12.3. The second-order valence-corrected chi connectivity index (χ2v) is 8.95. The Bertz CT molecular complexity index is 955. The first kappa shape index (κ1) is 19.2. The Kier molecular flexibility index (Phi) is 5.58. The molecule has 8 heteroatoms. The van der Waals surface area contributed by atoms with Crippen molar-refractivity contribution < 1.29 is 13.2 Å². The van der Waals surface area contributed by atoms with Gasteiger partial charge in [0.15, 0.2) is 0 Å². The SMILES string of the molecule is Cc1cc(Cl)ccc1NC(=O)c1cc(S(=O)(=O)N2CCCC2)ccc1Cl. The molecular weight excluding hydrogens is 395 g/mol. The van der Waals surface area contributed by atoms with Crippen LogP contribution in [0.15, 0.2) is 41.3 Å². The third-order valence-electron chi connectivity index (χ3n) is 4.32. The van der Waals surface area contributed by atoms with E-state index in [1.807, 2.05) is 6.92 Å². The molecule has 0 atom stereocenters. The van der Waals surface area contributed by atoms with Gasteiger partial charge in [-0.15, -0.1) is 0 Å². The van der Waals surface area contributed by atoms with Crippen LogP contribution in [0.4, 0.5) is 5.69 Å². The summed E-state index contributed by atoms with van der Waals surface area (Å²) < 4.78 is 26.8. The molecule has 1 aliphatic rings. The van der Waals surface area contributed by atoms with Crippen LogP contribution in [0.2, 0.25) is 10.0 Å². The van der Waals surface area contributed by atoms with Gasteiger partial charge in [-0.05, 0) is 61.7 Å². The van der Waals surface area contributed by atoms with Crippen molar-refractivity contribution >= 4 is 44.8 Å². The normalized spacial score (nSPS) is 15.2. The van der Waals surface area contributed by atoms with Crippen LogP contribution < -0.4 is 5.32 Å². The average molecular weight is 413 g/mol. The second-order valence-electron chi connectivity index (χ2n) is 6.17. The number of rotatable bonds is 4. The lowest BCUT2D eigenvalue weighted by Crippen LogP contribution is -2.28. The summed E-state index contributed by atoms with van der Waals surface area (Å²) in [7, 11) is -3.62. The number of nitrogens with one attached hydrogen (secondary N) is 1. The maximum Gasteiger partial charge on any atom is 0.257 e. The molecule has 1 fully saturated rings. The average Bonchev–Trinajstić information content (AvgIpc) is 3.13. The van der Waals surface area contributed by atoms with Gasteiger partial charge in [0.1, 0.15) is 0 Å². The Hall–Kier alpha value is -1.60. The fraction of sp³-hybridized carbons (Fsp3) is 0.278. The van der Waals surface area contributed by atoms with E-state index < -0.39 is 15.9 Å². The number of carbonyl (C=O) groups excluding carboxylic acids is 1. The maximum absolute atomic E-state index is 12.7. The van der Waals surface area contributed by atoms with Crippen molar-refractivity contribution in [3.05, 3.63) is 57.6 Å². The highest BCUT2D eigenvalue weighted by atomic mass is 35.5. The summed E-state index contributed by atoms with van der Waals surface area (Å²) in [5.74, 6) is -0.473. The molecule has 0 aromatic heterocycles. The van der Waals surface area contributed by atoms with Crippen molar-refractivity contribution in [1.29, 1.82) is 0 Å². The Morgan fingerprint density at radius 3 is 2.42 bits per heavy atom. The molecule has 1 saturated heterocycles. The van der Waals surface area contributed by atoms with Gasteiger partial charge >= 0.3 is 0 Å². The molecule has 0 saturated carbocycles. The highest BCUT2D eigenvalue weighted by Gasteiger charge is 2.28. The number of hydrogen-bond acceptors (Lipinski definition) is 3. The number of anilines is 1. The third-order valence-corrected chi connectivity index (χ3v) is 6.78. The highest BCUT2D eigenvalue weighted by molar-refractivity contribution is 7.89. The molecule has 1 N–H and O–H groups in total. The number of halogens is 2. The Morgan fingerprint density at radius 1 is 1.08 bits per heavy atom. The molecular formula is C18H18Cl2N2O3S. The minimum Gasteiger partial charge on any atom is -0.322 e. The van der Waals surface area contributed by atoms with E-state index in [2.05, 4.69) is 5.32 Å².